The largest absolute Gasteiger partial charge is 0.496 e. The Bertz CT molecular complexity index is 2030. The summed E-state index contributed by atoms with van der Waals surface area (Å²) in [6.07, 6.45) is 4.95. The molecule has 2 aliphatic rings. The number of halogens is 1. The number of rotatable bonds is 3. The summed E-state index contributed by atoms with van der Waals surface area (Å²) in [6, 6.07) is 23.0. The van der Waals surface area contributed by atoms with Gasteiger partial charge in [0.25, 0.3) is 17.7 Å². The van der Waals surface area contributed by atoms with Gasteiger partial charge in [-0.05, 0) is 77.9 Å². The van der Waals surface area contributed by atoms with Crippen molar-refractivity contribution in [3.63, 3.8) is 0 Å². The molecule has 5 aromatic rings. The van der Waals surface area contributed by atoms with Gasteiger partial charge in [0.2, 0.25) is 0 Å². The fourth-order valence-electron chi connectivity index (χ4n) is 6.21. The monoisotopic (exact) mass is 675 g/mol. The van der Waals surface area contributed by atoms with E-state index in [0.717, 1.165) is 5.69 Å². The molecule has 7 rings (SSSR count). The van der Waals surface area contributed by atoms with Crippen LogP contribution in [0.5, 0.6) is 17.2 Å². The number of likely N-dealkylation sites (tertiary alicyclic amines) is 1. The number of carbonyl (C=O) groups is 3. The number of nitrogens with zero attached hydrogens (tertiary/aromatic N) is 3. The first kappa shape index (κ1) is 32.4. The van der Waals surface area contributed by atoms with Crippen molar-refractivity contribution < 1.29 is 33.0 Å². The number of ether oxygens (including phenoxy) is 3. The van der Waals surface area contributed by atoms with E-state index in [9.17, 15) is 18.8 Å². The first-order valence-corrected chi connectivity index (χ1v) is 16.2. The predicted octanol–water partition coefficient (Wildman–Crippen LogP) is 4.79. The van der Waals surface area contributed by atoms with E-state index in [-0.39, 0.29) is 43.2 Å². The Morgan fingerprint density at radius 1 is 0.980 bits per heavy atom. The van der Waals surface area contributed by atoms with Gasteiger partial charge in [0.15, 0.2) is 6.61 Å². The predicted molar refractivity (Wildman–Crippen MR) is 182 cm³/mol. The van der Waals surface area contributed by atoms with Gasteiger partial charge in [-0.15, -0.1) is 0 Å². The molecule has 50 heavy (non-hydrogen) atoms. The Morgan fingerprint density at radius 2 is 1.84 bits per heavy atom. The van der Waals surface area contributed by atoms with Crippen LogP contribution >= 0.6 is 0 Å². The maximum atomic E-state index is 14.8. The number of nitrogens with one attached hydrogen (secondary N) is 2. The van der Waals surface area contributed by atoms with Crippen molar-refractivity contribution in [3.05, 3.63) is 126 Å². The minimum Gasteiger partial charge on any atom is -0.496 e. The van der Waals surface area contributed by atoms with Crippen molar-refractivity contribution in [1.29, 1.82) is 0 Å². The van der Waals surface area contributed by atoms with Crippen LogP contribution in [0.1, 0.15) is 32.7 Å². The zero-order valence-corrected chi connectivity index (χ0v) is 27.2. The van der Waals surface area contributed by atoms with Crippen molar-refractivity contribution in [2.24, 2.45) is 0 Å². The van der Waals surface area contributed by atoms with Crippen molar-refractivity contribution in [1.82, 2.24) is 25.1 Å². The zero-order chi connectivity index (χ0) is 34.6. The summed E-state index contributed by atoms with van der Waals surface area (Å²) >= 11 is 0. The average molecular weight is 676 g/mol. The van der Waals surface area contributed by atoms with E-state index in [1.165, 1.54) is 12.1 Å². The van der Waals surface area contributed by atoms with Gasteiger partial charge < -0.3 is 34.3 Å². The Hall–Kier alpha value is -6.17. The molecule has 0 unspecified atom stereocenters. The van der Waals surface area contributed by atoms with E-state index < -0.39 is 18.0 Å². The number of fused-ring (bicyclic) bond motifs is 8. The lowest BCUT2D eigenvalue weighted by atomic mass is 9.98. The summed E-state index contributed by atoms with van der Waals surface area (Å²) < 4.78 is 34.3. The first-order valence-electron chi connectivity index (χ1n) is 16.2. The third kappa shape index (κ3) is 7.14. The molecule has 254 valence electrons. The lowest BCUT2D eigenvalue weighted by Crippen LogP contribution is -2.58. The summed E-state index contributed by atoms with van der Waals surface area (Å²) in [4.78, 5) is 46.1. The number of carbonyl (C=O) groups excluding carboxylic acids is 3. The van der Waals surface area contributed by atoms with E-state index in [1.807, 2.05) is 29.0 Å². The molecule has 1 saturated heterocycles. The smallest absolute Gasteiger partial charge is 0.258 e. The van der Waals surface area contributed by atoms with Crippen LogP contribution in [0.3, 0.4) is 0 Å². The first-order chi connectivity index (χ1) is 24.3. The second kappa shape index (κ2) is 14.1. The number of amides is 3. The van der Waals surface area contributed by atoms with Gasteiger partial charge in [-0.25, -0.2) is 9.37 Å². The van der Waals surface area contributed by atoms with Crippen LogP contribution < -0.4 is 24.8 Å². The molecule has 3 heterocycles. The molecular formula is C38H34FN5O6. The van der Waals surface area contributed by atoms with Crippen LogP contribution in [0.4, 0.5) is 4.39 Å². The molecule has 0 spiro atoms. The SMILES string of the molecule is COc1ccc2cc1-c1cccc(c1)OCC(=O)NCc1cc(F)cc(c1)O[C@@H]1CCN(C(=O)c3ccc(-n4ccnc4)cc3)C[C@H]1NC2=O. The third-order valence-electron chi connectivity index (χ3n) is 8.75. The normalized spacial score (nSPS) is 17.8. The van der Waals surface area contributed by atoms with Crippen molar-refractivity contribution in [3.8, 4) is 34.1 Å². The molecule has 2 atom stereocenters. The van der Waals surface area contributed by atoms with Gasteiger partial charge in [-0.1, -0.05) is 12.1 Å². The lowest BCUT2D eigenvalue weighted by molar-refractivity contribution is -0.123. The van der Waals surface area contributed by atoms with Crippen LogP contribution in [-0.2, 0) is 11.3 Å². The molecule has 1 fully saturated rings. The molecule has 11 nitrogen and oxygen atoms in total. The fourth-order valence-corrected chi connectivity index (χ4v) is 6.21. The van der Waals surface area contributed by atoms with E-state index in [2.05, 4.69) is 15.6 Å². The van der Waals surface area contributed by atoms with E-state index in [1.54, 1.807) is 79.1 Å². The third-order valence-corrected chi connectivity index (χ3v) is 8.75. The van der Waals surface area contributed by atoms with Crippen LogP contribution in [0, 0.1) is 5.82 Å². The molecule has 4 aromatic carbocycles. The molecule has 0 aliphatic carbocycles. The quantitative estimate of drug-likeness (QED) is 0.282. The zero-order valence-electron chi connectivity index (χ0n) is 27.2. The highest BCUT2D eigenvalue weighted by Crippen LogP contribution is 2.33. The molecular weight excluding hydrogens is 641 g/mol. The molecule has 6 bridgehead atoms. The number of imidazole rings is 1. The maximum Gasteiger partial charge on any atom is 0.258 e. The van der Waals surface area contributed by atoms with Crippen LogP contribution in [0.15, 0.2) is 104 Å². The van der Waals surface area contributed by atoms with Crippen molar-refractivity contribution in [2.75, 3.05) is 26.8 Å². The molecule has 2 aliphatic heterocycles. The van der Waals surface area contributed by atoms with Gasteiger partial charge >= 0.3 is 0 Å². The number of aromatic nitrogens is 2. The average Bonchev–Trinajstić information content (AvgIpc) is 3.68. The van der Waals surface area contributed by atoms with Crippen LogP contribution in [-0.4, -0.2) is 71.1 Å². The number of hydrogen-bond acceptors (Lipinski definition) is 7. The summed E-state index contributed by atoms with van der Waals surface area (Å²) in [5.74, 6) is -0.273. The number of piperidine rings is 1. The molecule has 0 saturated carbocycles. The second-order valence-electron chi connectivity index (χ2n) is 12.1. The van der Waals surface area contributed by atoms with Gasteiger partial charge in [-0.2, -0.15) is 0 Å². The molecule has 0 radical (unpaired) electrons. The standard InChI is InChI=1S/C38H34FN5O6/c1-48-34-10-7-27-18-32(34)26-3-2-4-30(17-26)49-22-36(45)41-20-24-15-28(39)19-31(16-24)50-35-11-13-43(21-33(35)42-37(27)46)38(47)25-5-8-29(9-6-25)44-14-12-40-23-44/h2-10,12,14-19,23,33,35H,11,13,20-22H2,1H3,(H,41,45)(H,42,46)/t33-,35-/m1/s1. The highest BCUT2D eigenvalue weighted by Gasteiger charge is 2.35. The minimum absolute atomic E-state index is 0.0478. The Labute approximate surface area is 287 Å². The molecule has 1 aromatic heterocycles. The Morgan fingerprint density at radius 3 is 2.64 bits per heavy atom. The van der Waals surface area contributed by atoms with Crippen molar-refractivity contribution >= 4 is 17.7 Å². The number of benzene rings is 4. The minimum atomic E-state index is -0.652. The van der Waals surface area contributed by atoms with Crippen molar-refractivity contribution in [2.45, 2.75) is 25.1 Å². The number of methoxy groups -OCH3 is 1. The van der Waals surface area contributed by atoms with Crippen LogP contribution in [0.25, 0.3) is 16.8 Å². The van der Waals surface area contributed by atoms with Crippen LogP contribution in [0.2, 0.25) is 0 Å². The Balaban J connectivity index is 1.21. The Kier molecular flexibility index (Phi) is 9.15. The maximum absolute atomic E-state index is 14.8. The van der Waals surface area contributed by atoms with E-state index in [0.29, 0.717) is 52.3 Å². The summed E-state index contributed by atoms with van der Waals surface area (Å²) in [7, 11) is 1.54. The topological polar surface area (TPSA) is 124 Å². The second-order valence-corrected chi connectivity index (χ2v) is 12.1. The van der Waals surface area contributed by atoms with Gasteiger partial charge in [0.05, 0.1) is 19.5 Å². The highest BCUT2D eigenvalue weighted by atomic mass is 19.1. The lowest BCUT2D eigenvalue weighted by Gasteiger charge is -2.39. The van der Waals surface area contributed by atoms with Gasteiger partial charge in [-0.3, -0.25) is 14.4 Å². The summed E-state index contributed by atoms with van der Waals surface area (Å²) in [5, 5.41) is 5.85. The van der Waals surface area contributed by atoms with Gasteiger partial charge in [0, 0.05) is 66.9 Å². The number of hydrogen-bond donors (Lipinski definition) is 2. The summed E-state index contributed by atoms with van der Waals surface area (Å²) in [5.41, 5.74) is 3.57. The summed E-state index contributed by atoms with van der Waals surface area (Å²) in [6.45, 7) is 0.293. The highest BCUT2D eigenvalue weighted by molar-refractivity contribution is 5.97. The fraction of sp³-hybridized carbons (Fsp3) is 0.211. The van der Waals surface area contributed by atoms with E-state index in [4.69, 9.17) is 14.2 Å². The molecule has 2 N–H and O–H groups in total. The van der Waals surface area contributed by atoms with E-state index >= 15 is 0 Å². The van der Waals surface area contributed by atoms with Gasteiger partial charge in [0.1, 0.15) is 29.2 Å². The molecule has 12 heteroatoms. The molecule has 3 amide bonds.